The van der Waals surface area contributed by atoms with E-state index in [0.29, 0.717) is 75.4 Å². The van der Waals surface area contributed by atoms with Crippen molar-refractivity contribution < 1.29 is 31.9 Å². The van der Waals surface area contributed by atoms with Crippen LogP contribution < -0.4 is 15.1 Å². The normalized spacial score (nSPS) is 21.4. The number of aromatic nitrogens is 2. The Labute approximate surface area is 240 Å². The first-order chi connectivity index (χ1) is 19.8. The number of alkyl halides is 3. The SMILES string of the molecule is CN1CCN(c2cc(F)c(-c3cnc(N4CCOCC4)nc3)cc2NC(=O)C2C=NC(=O)C=C2C(F)(F)F)CC1(C)C. The van der Waals surface area contributed by atoms with Gasteiger partial charge in [0.05, 0.1) is 30.2 Å². The number of halogens is 4. The first-order valence-corrected chi connectivity index (χ1v) is 13.5. The lowest BCUT2D eigenvalue weighted by molar-refractivity contribution is -0.124. The van der Waals surface area contributed by atoms with Crippen LogP contribution in [0.3, 0.4) is 0 Å². The van der Waals surface area contributed by atoms with Gasteiger partial charge in [-0.2, -0.15) is 13.2 Å². The molecule has 3 aliphatic heterocycles. The number of aliphatic imine (C=N–C) groups is 1. The van der Waals surface area contributed by atoms with E-state index >= 15 is 4.39 Å². The van der Waals surface area contributed by atoms with Crippen LogP contribution in [0.4, 0.5) is 34.9 Å². The standard InChI is InChI=1S/C28H31F4N7O3/c1-27(2)16-39(5-4-37(27)3)23-12-21(29)18(17-13-34-26(35-14-17)38-6-8-42-9-7-38)10-22(23)36-25(41)19-15-33-24(40)11-20(19)28(30,31)32/h10-15,19H,4-9,16H2,1-3H3,(H,36,41). The Morgan fingerprint density at radius 2 is 1.76 bits per heavy atom. The number of nitrogens with zero attached hydrogens (tertiary/aromatic N) is 6. The average Bonchev–Trinajstić information content (AvgIpc) is 2.95. The molecule has 5 rings (SSSR count). The predicted octanol–water partition coefficient (Wildman–Crippen LogP) is 3.30. The molecule has 2 saturated heterocycles. The molecular formula is C28H31F4N7O3. The fourth-order valence-corrected chi connectivity index (χ4v) is 5.14. The molecule has 1 N–H and O–H groups in total. The molecule has 0 radical (unpaired) electrons. The number of carbonyl (C=O) groups excluding carboxylic acids is 2. The van der Waals surface area contributed by atoms with E-state index in [2.05, 4.69) is 25.2 Å². The van der Waals surface area contributed by atoms with Gasteiger partial charge < -0.3 is 19.9 Å². The molecule has 0 spiro atoms. The van der Waals surface area contributed by atoms with Crippen molar-refractivity contribution in [3.8, 4) is 11.1 Å². The first kappa shape index (κ1) is 29.6. The number of amides is 2. The predicted molar refractivity (Wildman–Crippen MR) is 149 cm³/mol. The highest BCUT2D eigenvalue weighted by molar-refractivity contribution is 6.11. The smallest absolute Gasteiger partial charge is 0.378 e. The Hall–Kier alpha value is -3.91. The second kappa shape index (κ2) is 11.4. The van der Waals surface area contributed by atoms with Crippen molar-refractivity contribution >= 4 is 35.4 Å². The number of nitrogens with one attached hydrogen (secondary N) is 1. The number of piperazine rings is 1. The number of morpholine rings is 1. The number of hydrogen-bond acceptors (Lipinski definition) is 8. The second-order valence-electron chi connectivity index (χ2n) is 11.1. The topological polar surface area (TPSA) is 103 Å². The summed E-state index contributed by atoms with van der Waals surface area (Å²) in [5, 5.41) is 2.57. The molecule has 3 aliphatic rings. The zero-order valence-electron chi connectivity index (χ0n) is 23.4. The second-order valence-corrected chi connectivity index (χ2v) is 11.1. The summed E-state index contributed by atoms with van der Waals surface area (Å²) in [4.78, 5) is 43.0. The van der Waals surface area contributed by atoms with Crippen LogP contribution in [0.1, 0.15) is 13.8 Å². The monoisotopic (exact) mass is 589 g/mol. The van der Waals surface area contributed by atoms with Crippen LogP contribution in [0.2, 0.25) is 0 Å². The molecule has 2 amide bonds. The van der Waals surface area contributed by atoms with E-state index in [1.807, 2.05) is 30.7 Å². The van der Waals surface area contributed by atoms with Gasteiger partial charge in [-0.15, -0.1) is 0 Å². The molecule has 14 heteroatoms. The van der Waals surface area contributed by atoms with Gasteiger partial charge in [-0.25, -0.2) is 19.4 Å². The summed E-state index contributed by atoms with van der Waals surface area (Å²) in [6.45, 7) is 7.95. The van der Waals surface area contributed by atoms with E-state index in [1.54, 1.807) is 0 Å². The molecule has 1 unspecified atom stereocenters. The third-order valence-corrected chi connectivity index (χ3v) is 7.82. The van der Waals surface area contributed by atoms with Gasteiger partial charge in [0, 0.05) is 74.1 Å². The molecule has 1 atom stereocenters. The Morgan fingerprint density at radius 1 is 1.07 bits per heavy atom. The van der Waals surface area contributed by atoms with Gasteiger partial charge in [-0.3, -0.25) is 14.5 Å². The summed E-state index contributed by atoms with van der Waals surface area (Å²) in [6.07, 6.45) is -1.00. The number of rotatable bonds is 5. The zero-order chi connectivity index (χ0) is 30.2. The van der Waals surface area contributed by atoms with Gasteiger partial charge in [-0.1, -0.05) is 0 Å². The summed E-state index contributed by atoms with van der Waals surface area (Å²) in [5.74, 6) is -4.16. The van der Waals surface area contributed by atoms with Crippen molar-refractivity contribution in [2.24, 2.45) is 10.9 Å². The molecule has 2 aromatic rings. The molecule has 1 aromatic carbocycles. The summed E-state index contributed by atoms with van der Waals surface area (Å²) >= 11 is 0. The number of dihydropyridines is 1. The minimum atomic E-state index is -4.93. The van der Waals surface area contributed by atoms with Crippen molar-refractivity contribution in [2.45, 2.75) is 25.6 Å². The molecular weight excluding hydrogens is 558 g/mol. The van der Waals surface area contributed by atoms with Crippen molar-refractivity contribution in [1.82, 2.24) is 14.9 Å². The third kappa shape index (κ3) is 6.14. The van der Waals surface area contributed by atoms with Gasteiger partial charge in [0.2, 0.25) is 11.9 Å². The average molecular weight is 590 g/mol. The van der Waals surface area contributed by atoms with Crippen molar-refractivity contribution in [2.75, 3.05) is 68.1 Å². The quantitative estimate of drug-likeness (QED) is 0.531. The maximum absolute atomic E-state index is 15.7. The summed E-state index contributed by atoms with van der Waals surface area (Å²) < 4.78 is 62.2. The maximum atomic E-state index is 15.7. The third-order valence-electron chi connectivity index (χ3n) is 7.82. The number of likely N-dealkylation sites (N-methyl/N-ethyl adjacent to an activating group) is 1. The number of carbonyl (C=O) groups is 2. The van der Waals surface area contributed by atoms with Gasteiger partial charge in [0.1, 0.15) is 11.7 Å². The minimum Gasteiger partial charge on any atom is -0.378 e. The van der Waals surface area contributed by atoms with Crippen molar-refractivity contribution in [3.63, 3.8) is 0 Å². The molecule has 2 fully saturated rings. The number of anilines is 3. The van der Waals surface area contributed by atoms with Crippen LogP contribution >= 0.6 is 0 Å². The highest BCUT2D eigenvalue weighted by atomic mass is 19.4. The van der Waals surface area contributed by atoms with Crippen LogP contribution in [0.5, 0.6) is 0 Å². The van der Waals surface area contributed by atoms with Gasteiger partial charge >= 0.3 is 6.18 Å². The number of ether oxygens (including phenoxy) is 1. The van der Waals surface area contributed by atoms with E-state index in [4.69, 9.17) is 4.74 Å². The van der Waals surface area contributed by atoms with Gasteiger partial charge in [0.25, 0.3) is 5.91 Å². The lowest BCUT2D eigenvalue weighted by Gasteiger charge is -2.46. The highest BCUT2D eigenvalue weighted by Gasteiger charge is 2.43. The van der Waals surface area contributed by atoms with Crippen molar-refractivity contribution in [3.05, 3.63) is 42.0 Å². The summed E-state index contributed by atoms with van der Waals surface area (Å²) in [5.41, 5.74) is -0.808. The highest BCUT2D eigenvalue weighted by Crippen LogP contribution is 2.38. The molecule has 4 heterocycles. The Kier molecular flexibility index (Phi) is 8.03. The Balaban J connectivity index is 1.51. The van der Waals surface area contributed by atoms with Crippen LogP contribution in [0, 0.1) is 11.7 Å². The van der Waals surface area contributed by atoms with Crippen LogP contribution in [-0.4, -0.2) is 97.6 Å². The molecule has 0 aliphatic carbocycles. The van der Waals surface area contributed by atoms with E-state index in [0.717, 1.165) is 0 Å². The molecule has 0 bridgehead atoms. The number of hydrogen-bond donors (Lipinski definition) is 1. The van der Waals surface area contributed by atoms with Crippen LogP contribution in [0.15, 0.2) is 41.2 Å². The fourth-order valence-electron chi connectivity index (χ4n) is 5.14. The fraction of sp³-hybridized carbons (Fsp3) is 0.464. The largest absolute Gasteiger partial charge is 0.414 e. The van der Waals surface area contributed by atoms with E-state index in [1.165, 1.54) is 24.5 Å². The summed E-state index contributed by atoms with van der Waals surface area (Å²) in [7, 11) is 1.97. The minimum absolute atomic E-state index is 0.0649. The van der Waals surface area contributed by atoms with E-state index in [9.17, 15) is 22.8 Å². The molecule has 1 aromatic heterocycles. The molecule has 0 saturated carbocycles. The summed E-state index contributed by atoms with van der Waals surface area (Å²) in [6, 6.07) is 2.64. The molecule has 224 valence electrons. The van der Waals surface area contributed by atoms with Crippen LogP contribution in [-0.2, 0) is 14.3 Å². The lowest BCUT2D eigenvalue weighted by atomic mass is 9.95. The number of benzene rings is 1. The van der Waals surface area contributed by atoms with Gasteiger partial charge in [0.15, 0.2) is 0 Å². The lowest BCUT2D eigenvalue weighted by Crippen LogP contribution is -2.57. The van der Waals surface area contributed by atoms with Crippen molar-refractivity contribution in [1.29, 1.82) is 0 Å². The van der Waals surface area contributed by atoms with Crippen LogP contribution in [0.25, 0.3) is 11.1 Å². The zero-order valence-corrected chi connectivity index (χ0v) is 23.4. The van der Waals surface area contributed by atoms with E-state index < -0.39 is 35.3 Å². The van der Waals surface area contributed by atoms with Gasteiger partial charge in [-0.05, 0) is 33.0 Å². The molecule has 10 nitrogen and oxygen atoms in total. The Bertz CT molecular complexity index is 1420. The van der Waals surface area contributed by atoms with E-state index in [-0.39, 0.29) is 16.8 Å². The Morgan fingerprint density at radius 3 is 2.40 bits per heavy atom. The maximum Gasteiger partial charge on any atom is 0.414 e. The molecule has 42 heavy (non-hydrogen) atoms. The first-order valence-electron chi connectivity index (χ1n) is 13.5.